The highest BCUT2D eigenvalue weighted by atomic mass is 16.9. The number of rotatable bonds is 7. The van der Waals surface area contributed by atoms with E-state index in [1.165, 1.54) is 6.20 Å². The van der Waals surface area contributed by atoms with Crippen LogP contribution in [0.4, 0.5) is 0 Å². The van der Waals surface area contributed by atoms with E-state index in [0.717, 1.165) is 12.8 Å². The Labute approximate surface area is 128 Å². The molecule has 7 heteroatoms. The first-order chi connectivity index (χ1) is 10.6. The van der Waals surface area contributed by atoms with Crippen LogP contribution >= 0.6 is 0 Å². The van der Waals surface area contributed by atoms with Gasteiger partial charge in [0.05, 0.1) is 13.2 Å². The number of H-pyrrole nitrogens is 1. The third-order valence-corrected chi connectivity index (χ3v) is 3.17. The molecule has 1 saturated heterocycles. The maximum Gasteiger partial charge on any atom is 0.343 e. The van der Waals surface area contributed by atoms with Gasteiger partial charge in [0, 0.05) is 6.20 Å². The van der Waals surface area contributed by atoms with Crippen molar-refractivity contribution in [2.24, 2.45) is 0 Å². The SMILES string of the molecule is CCCCOc1c(C2OC(C)O2)[nH]cc(C(=O)OCC)c1=O. The van der Waals surface area contributed by atoms with E-state index in [2.05, 4.69) is 4.98 Å². The van der Waals surface area contributed by atoms with Crippen molar-refractivity contribution in [1.82, 2.24) is 4.98 Å². The van der Waals surface area contributed by atoms with Crippen LogP contribution in [0.25, 0.3) is 0 Å². The summed E-state index contributed by atoms with van der Waals surface area (Å²) in [5.41, 5.74) is -0.230. The summed E-state index contributed by atoms with van der Waals surface area (Å²) in [4.78, 5) is 27.1. The summed E-state index contributed by atoms with van der Waals surface area (Å²) in [5, 5.41) is 0. The van der Waals surface area contributed by atoms with Gasteiger partial charge >= 0.3 is 5.97 Å². The molecule has 2 rings (SSSR count). The van der Waals surface area contributed by atoms with E-state index in [-0.39, 0.29) is 24.2 Å². The molecule has 7 nitrogen and oxygen atoms in total. The number of ether oxygens (including phenoxy) is 4. The molecule has 0 spiro atoms. The van der Waals surface area contributed by atoms with Crippen LogP contribution < -0.4 is 10.2 Å². The van der Waals surface area contributed by atoms with Gasteiger partial charge in [-0.2, -0.15) is 0 Å². The topological polar surface area (TPSA) is 86.8 Å². The Morgan fingerprint density at radius 2 is 2.09 bits per heavy atom. The fourth-order valence-electron chi connectivity index (χ4n) is 2.02. The molecule has 0 amide bonds. The number of nitrogens with one attached hydrogen (secondary N) is 1. The average Bonchev–Trinajstić information content (AvgIpc) is 2.46. The summed E-state index contributed by atoms with van der Waals surface area (Å²) in [5.74, 6) is -0.629. The van der Waals surface area contributed by atoms with Gasteiger partial charge in [0.15, 0.2) is 12.0 Å². The molecule has 0 unspecified atom stereocenters. The Morgan fingerprint density at radius 1 is 1.36 bits per heavy atom. The molecule has 1 aliphatic heterocycles. The summed E-state index contributed by atoms with van der Waals surface area (Å²) in [6.07, 6.45) is 2.01. The van der Waals surface area contributed by atoms with Crippen molar-refractivity contribution in [2.45, 2.75) is 46.2 Å². The van der Waals surface area contributed by atoms with Crippen LogP contribution in [0, 0.1) is 0 Å². The first-order valence-corrected chi connectivity index (χ1v) is 7.44. The zero-order chi connectivity index (χ0) is 16.1. The second-order valence-electron chi connectivity index (χ2n) is 4.87. The summed E-state index contributed by atoms with van der Waals surface area (Å²) in [6.45, 7) is 6.01. The monoisotopic (exact) mass is 311 g/mol. The molecule has 0 aromatic carbocycles. The van der Waals surface area contributed by atoms with Crippen LogP contribution in [0.15, 0.2) is 11.0 Å². The molecule has 1 N–H and O–H groups in total. The minimum Gasteiger partial charge on any atom is -0.488 e. The van der Waals surface area contributed by atoms with Gasteiger partial charge in [-0.1, -0.05) is 13.3 Å². The van der Waals surface area contributed by atoms with Crippen molar-refractivity contribution in [1.29, 1.82) is 0 Å². The number of pyridine rings is 1. The number of hydrogen-bond donors (Lipinski definition) is 1. The van der Waals surface area contributed by atoms with Crippen molar-refractivity contribution in [3.8, 4) is 5.75 Å². The van der Waals surface area contributed by atoms with Crippen LogP contribution in [-0.2, 0) is 14.2 Å². The van der Waals surface area contributed by atoms with Gasteiger partial charge in [0.2, 0.25) is 11.7 Å². The molecule has 0 radical (unpaired) electrons. The molecule has 1 aromatic heterocycles. The molecule has 122 valence electrons. The van der Waals surface area contributed by atoms with Crippen LogP contribution in [0.5, 0.6) is 5.75 Å². The third-order valence-electron chi connectivity index (χ3n) is 3.17. The Balaban J connectivity index is 2.31. The van der Waals surface area contributed by atoms with E-state index in [1.54, 1.807) is 13.8 Å². The lowest BCUT2D eigenvalue weighted by molar-refractivity contribution is -0.384. The summed E-state index contributed by atoms with van der Waals surface area (Å²) in [6, 6.07) is 0. The lowest BCUT2D eigenvalue weighted by atomic mass is 10.2. The molecule has 0 saturated carbocycles. The molecule has 1 aromatic rings. The minimum absolute atomic E-state index is 0.0518. The van der Waals surface area contributed by atoms with Gasteiger partial charge in [0.1, 0.15) is 11.3 Å². The number of esters is 1. The third kappa shape index (κ3) is 3.48. The molecule has 2 heterocycles. The van der Waals surface area contributed by atoms with E-state index in [0.29, 0.717) is 12.3 Å². The Morgan fingerprint density at radius 3 is 2.68 bits per heavy atom. The Bertz CT molecular complexity index is 576. The molecule has 0 aliphatic carbocycles. The number of carbonyl (C=O) groups excluding carboxylic acids is 1. The second-order valence-corrected chi connectivity index (χ2v) is 4.87. The van der Waals surface area contributed by atoms with Crippen LogP contribution in [0.2, 0.25) is 0 Å². The molecular formula is C15H21NO6. The number of carbonyl (C=O) groups is 1. The minimum atomic E-state index is -0.685. The van der Waals surface area contributed by atoms with Gasteiger partial charge in [-0.3, -0.25) is 4.79 Å². The van der Waals surface area contributed by atoms with E-state index in [1.807, 2.05) is 6.92 Å². The zero-order valence-corrected chi connectivity index (χ0v) is 13.0. The maximum atomic E-state index is 12.5. The van der Waals surface area contributed by atoms with Gasteiger partial charge in [0.25, 0.3) is 0 Å². The molecule has 1 fully saturated rings. The predicted molar refractivity (Wildman–Crippen MR) is 77.8 cm³/mol. The van der Waals surface area contributed by atoms with Crippen molar-refractivity contribution >= 4 is 5.97 Å². The fourth-order valence-corrected chi connectivity index (χ4v) is 2.02. The Hall–Kier alpha value is -1.86. The molecule has 1 aliphatic rings. The lowest BCUT2D eigenvalue weighted by Crippen LogP contribution is -2.34. The van der Waals surface area contributed by atoms with Gasteiger partial charge in [-0.05, 0) is 20.3 Å². The van der Waals surface area contributed by atoms with Crippen molar-refractivity contribution in [3.05, 3.63) is 27.7 Å². The molecule has 0 atom stereocenters. The van der Waals surface area contributed by atoms with E-state index < -0.39 is 17.7 Å². The number of unbranched alkanes of at least 4 members (excludes halogenated alkanes) is 1. The average molecular weight is 311 g/mol. The highest BCUT2D eigenvalue weighted by molar-refractivity contribution is 5.89. The number of hydrogen-bond acceptors (Lipinski definition) is 6. The molecule has 0 bridgehead atoms. The number of aromatic amines is 1. The van der Waals surface area contributed by atoms with E-state index in [4.69, 9.17) is 18.9 Å². The Kier molecular flexibility index (Phi) is 5.57. The predicted octanol–water partition coefficient (Wildman–Crippen LogP) is 2.12. The standard InChI is InChI=1S/C15H21NO6/c1-4-6-7-20-13-11(15-21-9(3)22-15)16-8-10(12(13)17)14(18)19-5-2/h8-9,15H,4-7H2,1-3H3,(H,16,17). The quantitative estimate of drug-likeness (QED) is 0.613. The highest BCUT2D eigenvalue weighted by Crippen LogP contribution is 2.34. The lowest BCUT2D eigenvalue weighted by Gasteiger charge is -2.34. The van der Waals surface area contributed by atoms with Crippen molar-refractivity contribution in [3.63, 3.8) is 0 Å². The largest absolute Gasteiger partial charge is 0.488 e. The zero-order valence-electron chi connectivity index (χ0n) is 13.0. The van der Waals surface area contributed by atoms with Gasteiger partial charge in [-0.15, -0.1) is 0 Å². The van der Waals surface area contributed by atoms with Crippen LogP contribution in [-0.4, -0.2) is 30.5 Å². The number of aromatic nitrogens is 1. The first-order valence-electron chi connectivity index (χ1n) is 7.44. The van der Waals surface area contributed by atoms with Crippen LogP contribution in [0.3, 0.4) is 0 Å². The van der Waals surface area contributed by atoms with Gasteiger partial charge < -0.3 is 23.9 Å². The summed E-state index contributed by atoms with van der Waals surface area (Å²) < 4.78 is 21.2. The summed E-state index contributed by atoms with van der Waals surface area (Å²) >= 11 is 0. The second kappa shape index (κ2) is 7.42. The van der Waals surface area contributed by atoms with E-state index >= 15 is 0 Å². The smallest absolute Gasteiger partial charge is 0.343 e. The first kappa shape index (κ1) is 16.5. The molecule has 22 heavy (non-hydrogen) atoms. The maximum absolute atomic E-state index is 12.5. The van der Waals surface area contributed by atoms with Crippen molar-refractivity contribution in [2.75, 3.05) is 13.2 Å². The normalized spacial score (nSPS) is 20.3. The summed E-state index contributed by atoms with van der Waals surface area (Å²) in [7, 11) is 0. The van der Waals surface area contributed by atoms with Crippen molar-refractivity contribution < 1.29 is 23.7 Å². The highest BCUT2D eigenvalue weighted by Gasteiger charge is 2.34. The van der Waals surface area contributed by atoms with Gasteiger partial charge in [-0.25, -0.2) is 4.79 Å². The fraction of sp³-hybridized carbons (Fsp3) is 0.600. The molecular weight excluding hydrogens is 290 g/mol. The van der Waals surface area contributed by atoms with Crippen LogP contribution in [0.1, 0.15) is 56.0 Å². The van der Waals surface area contributed by atoms with E-state index in [9.17, 15) is 9.59 Å².